The van der Waals surface area contributed by atoms with Crippen molar-refractivity contribution in [2.45, 2.75) is 0 Å². The zero-order valence-corrected chi connectivity index (χ0v) is 25.8. The van der Waals surface area contributed by atoms with E-state index in [0.717, 1.165) is 21.8 Å². The van der Waals surface area contributed by atoms with Crippen LogP contribution in [0.5, 0.6) is 17.2 Å². The number of para-hydroxylation sites is 3. The van der Waals surface area contributed by atoms with Crippen LogP contribution in [-0.4, -0.2) is 43.2 Å². The van der Waals surface area contributed by atoms with Crippen molar-refractivity contribution in [1.29, 1.82) is 0 Å². The standard InChI is InChI=1S/C12H8N2.3C7H6O3.Sm/c1-3-9-5-6-10-4-2-8-14-12(10)11(9)13-7-1;3*8-6-4-2-1-3-5(6)7(9)10;/h1-8H;3*1-4,8H,(H,9,10);/q;;;;+3/p-3. The number of carbonyl (C=O) groups is 3. The number of aromatic carboxylic acids is 3. The number of hydrogen-bond acceptors (Lipinski definition) is 8. The van der Waals surface area contributed by atoms with Gasteiger partial charge in [-0.15, -0.1) is 0 Å². The number of rotatable bonds is 3. The van der Waals surface area contributed by atoms with Gasteiger partial charge in [0.25, 0.3) is 0 Å². The van der Waals surface area contributed by atoms with Crippen molar-refractivity contribution in [2.24, 2.45) is 0 Å². The molecule has 0 aliphatic rings. The molecule has 0 atom stereocenters. The van der Waals surface area contributed by atoms with E-state index in [-0.39, 0.29) is 57.1 Å². The van der Waals surface area contributed by atoms with E-state index in [1.807, 2.05) is 12.1 Å². The number of hydrogen-bond donors (Lipinski definition) is 3. The largest absolute Gasteiger partial charge is 3.00 e. The van der Waals surface area contributed by atoms with Gasteiger partial charge in [-0.1, -0.05) is 96.1 Å². The summed E-state index contributed by atoms with van der Waals surface area (Å²) in [4.78, 5) is 39.4. The Bertz CT molecular complexity index is 1730. The molecule has 225 valence electrons. The number of carboxylic acids is 3. The first-order valence-electron chi connectivity index (χ1n) is 12.7. The van der Waals surface area contributed by atoms with Crippen LogP contribution in [0, 0.1) is 40.4 Å². The first-order chi connectivity index (χ1) is 21.1. The quantitative estimate of drug-likeness (QED) is 0.220. The Hall–Kier alpha value is -5.15. The number of carboxylic acid groups (broad SMARTS) is 3. The SMILES string of the molecule is O=C(O)c1ccccc1[O-].O=C(O)c1ccccc1[O-].O=C(O)c1ccccc1[O-].[Sm+3].c1cnc2c(c1)ccc1cccnc12. The summed E-state index contributed by atoms with van der Waals surface area (Å²) in [6.45, 7) is 0. The summed E-state index contributed by atoms with van der Waals surface area (Å²) in [6.07, 6.45) is 3.60. The molecule has 0 fully saturated rings. The summed E-state index contributed by atoms with van der Waals surface area (Å²) in [5.41, 5.74) is 1.42. The van der Waals surface area contributed by atoms with Gasteiger partial charge in [-0.3, -0.25) is 9.97 Å². The van der Waals surface area contributed by atoms with Crippen LogP contribution in [0.25, 0.3) is 21.8 Å². The molecule has 0 aliphatic carbocycles. The second-order valence-corrected chi connectivity index (χ2v) is 8.62. The fraction of sp³-hybridized carbons (Fsp3) is 0. The van der Waals surface area contributed by atoms with Crippen LogP contribution < -0.4 is 15.3 Å². The third kappa shape index (κ3) is 10.5. The maximum absolute atomic E-state index is 10.7. The first-order valence-corrected chi connectivity index (χ1v) is 12.7. The Morgan fingerprint density at radius 2 is 0.733 bits per heavy atom. The number of benzene rings is 4. The van der Waals surface area contributed by atoms with Crippen LogP contribution in [0.15, 0.2) is 122 Å². The average molecular weight is 742 g/mol. The summed E-state index contributed by atoms with van der Waals surface area (Å²) in [5.74, 6) is -4.87. The van der Waals surface area contributed by atoms with Gasteiger partial charge in [-0.05, 0) is 30.3 Å². The van der Waals surface area contributed by atoms with Crippen LogP contribution in [-0.2, 0) is 0 Å². The second kappa shape index (κ2) is 17.8. The molecule has 45 heavy (non-hydrogen) atoms. The molecule has 4 aromatic carbocycles. The molecular weight excluding hydrogens is 719 g/mol. The molecule has 0 unspecified atom stereocenters. The molecule has 6 aromatic rings. The maximum Gasteiger partial charge on any atom is 3.00 e. The van der Waals surface area contributed by atoms with E-state index in [1.54, 1.807) is 12.4 Å². The van der Waals surface area contributed by atoms with E-state index >= 15 is 0 Å². The van der Waals surface area contributed by atoms with Crippen molar-refractivity contribution in [3.8, 4) is 17.2 Å². The van der Waals surface area contributed by atoms with Crippen molar-refractivity contribution in [1.82, 2.24) is 9.97 Å². The van der Waals surface area contributed by atoms with Crippen molar-refractivity contribution in [3.63, 3.8) is 0 Å². The molecule has 11 nitrogen and oxygen atoms in total. The van der Waals surface area contributed by atoms with Gasteiger partial charge in [0.05, 0.1) is 27.7 Å². The minimum absolute atomic E-state index is 0. The zero-order valence-electron chi connectivity index (χ0n) is 23.1. The zero-order chi connectivity index (χ0) is 32.1. The number of pyridine rings is 2. The molecule has 0 aliphatic heterocycles. The van der Waals surface area contributed by atoms with E-state index in [4.69, 9.17) is 15.3 Å². The van der Waals surface area contributed by atoms with Gasteiger partial charge in [0, 0.05) is 23.2 Å². The van der Waals surface area contributed by atoms with E-state index in [2.05, 4.69) is 34.2 Å². The molecule has 2 aromatic heterocycles. The minimum atomic E-state index is -1.18. The van der Waals surface area contributed by atoms with Gasteiger partial charge in [-0.2, -0.15) is 0 Å². The van der Waals surface area contributed by atoms with Gasteiger partial charge >= 0.3 is 58.3 Å². The molecule has 0 saturated carbocycles. The Kier molecular flexibility index (Phi) is 14.3. The van der Waals surface area contributed by atoms with Crippen LogP contribution in [0.4, 0.5) is 0 Å². The topological polar surface area (TPSA) is 207 Å². The number of fused-ring (bicyclic) bond motifs is 3. The van der Waals surface area contributed by atoms with Gasteiger partial charge in [0.1, 0.15) is 0 Å². The summed E-state index contributed by atoms with van der Waals surface area (Å²) >= 11 is 0. The Morgan fingerprint density at radius 1 is 0.444 bits per heavy atom. The van der Waals surface area contributed by atoms with E-state index < -0.39 is 35.2 Å². The maximum atomic E-state index is 10.7. The van der Waals surface area contributed by atoms with E-state index in [0.29, 0.717) is 0 Å². The number of nitrogens with zero attached hydrogens (tertiary/aromatic N) is 2. The molecule has 6 rings (SSSR count). The molecule has 0 saturated heterocycles. The second-order valence-electron chi connectivity index (χ2n) is 8.62. The van der Waals surface area contributed by atoms with Gasteiger partial charge in [0.15, 0.2) is 0 Å². The van der Waals surface area contributed by atoms with E-state index in [1.165, 1.54) is 72.8 Å². The fourth-order valence-electron chi connectivity index (χ4n) is 3.61. The molecule has 1 radical (unpaired) electrons. The van der Waals surface area contributed by atoms with Crippen molar-refractivity contribution < 1.29 is 85.4 Å². The fourth-order valence-corrected chi connectivity index (χ4v) is 3.61. The van der Waals surface area contributed by atoms with Crippen molar-refractivity contribution in [3.05, 3.63) is 138 Å². The predicted molar refractivity (Wildman–Crippen MR) is 156 cm³/mol. The van der Waals surface area contributed by atoms with Gasteiger partial charge in [0.2, 0.25) is 0 Å². The Balaban J connectivity index is 0.000000211. The third-order valence-electron chi connectivity index (χ3n) is 5.70. The normalized spacial score (nSPS) is 9.51. The summed E-state index contributed by atoms with van der Waals surface area (Å²) in [7, 11) is 0. The Morgan fingerprint density at radius 3 is 0.978 bits per heavy atom. The average Bonchev–Trinajstić information content (AvgIpc) is 3.02. The van der Waals surface area contributed by atoms with Gasteiger partial charge < -0.3 is 30.6 Å². The number of aromatic nitrogens is 2. The van der Waals surface area contributed by atoms with Crippen LogP contribution in [0.1, 0.15) is 31.1 Å². The third-order valence-corrected chi connectivity index (χ3v) is 5.70. The molecule has 2 heterocycles. The van der Waals surface area contributed by atoms with Crippen LogP contribution in [0.3, 0.4) is 0 Å². The Labute approximate surface area is 288 Å². The predicted octanol–water partition coefficient (Wildman–Crippen LogP) is 4.16. The van der Waals surface area contributed by atoms with Crippen LogP contribution in [0.2, 0.25) is 0 Å². The van der Waals surface area contributed by atoms with Gasteiger partial charge in [-0.25, -0.2) is 14.4 Å². The summed E-state index contributed by atoms with van der Waals surface area (Å²) < 4.78 is 0. The first kappa shape index (κ1) is 36.0. The molecule has 3 N–H and O–H groups in total. The monoisotopic (exact) mass is 743 g/mol. The molecule has 0 amide bonds. The van der Waals surface area contributed by atoms with Crippen molar-refractivity contribution in [2.75, 3.05) is 0 Å². The molecule has 0 bridgehead atoms. The van der Waals surface area contributed by atoms with Crippen LogP contribution >= 0.6 is 0 Å². The molecule has 0 spiro atoms. The minimum Gasteiger partial charge on any atom is -0.872 e. The smallest absolute Gasteiger partial charge is 0.872 e. The molecule has 12 heteroatoms. The molecular formula is C33H23N2O9Sm. The van der Waals surface area contributed by atoms with E-state index in [9.17, 15) is 29.7 Å². The summed E-state index contributed by atoms with van der Waals surface area (Å²) in [5, 5.41) is 59.4. The van der Waals surface area contributed by atoms with Crippen molar-refractivity contribution >= 4 is 39.7 Å². The summed E-state index contributed by atoms with van der Waals surface area (Å²) in [6, 6.07) is 28.7.